The third-order valence-electron chi connectivity index (χ3n) is 4.93. The summed E-state index contributed by atoms with van der Waals surface area (Å²) in [5.74, 6) is 0.498. The number of hydrogen-bond acceptors (Lipinski definition) is 4. The molecule has 0 bridgehead atoms. The molecule has 2 aromatic carbocycles. The lowest BCUT2D eigenvalue weighted by molar-refractivity contribution is 0.100. The second kappa shape index (κ2) is 8.73. The molecule has 29 heavy (non-hydrogen) atoms. The summed E-state index contributed by atoms with van der Waals surface area (Å²) in [4.78, 5) is 17.1. The second-order valence-electron chi connectivity index (χ2n) is 7.13. The highest BCUT2D eigenvalue weighted by Gasteiger charge is 2.30. The van der Waals surface area contributed by atoms with Crippen LogP contribution in [-0.2, 0) is 0 Å². The Morgan fingerprint density at radius 1 is 0.966 bits per heavy atom. The van der Waals surface area contributed by atoms with Crippen molar-refractivity contribution in [2.45, 2.75) is 25.9 Å². The normalized spacial score (nSPS) is 16.3. The Morgan fingerprint density at radius 3 is 2.21 bits per heavy atom. The predicted octanol–water partition coefficient (Wildman–Crippen LogP) is 4.59. The van der Waals surface area contributed by atoms with Crippen LogP contribution >= 0.6 is 0 Å². The molecule has 1 aliphatic heterocycles. The predicted molar refractivity (Wildman–Crippen MR) is 112 cm³/mol. The average Bonchev–Trinajstić information content (AvgIpc) is 2.77. The highest BCUT2D eigenvalue weighted by Crippen LogP contribution is 2.28. The largest absolute Gasteiger partial charge is 0.471 e. The summed E-state index contributed by atoms with van der Waals surface area (Å²) in [6.45, 7) is 3.11. The topological polar surface area (TPSA) is 58.6 Å². The number of nitrogens with zero attached hydrogens (tertiary/aromatic N) is 4. The van der Waals surface area contributed by atoms with E-state index in [1.54, 1.807) is 4.90 Å². The lowest BCUT2D eigenvalue weighted by Gasteiger charge is -2.36. The molecule has 2 heterocycles. The zero-order chi connectivity index (χ0) is 20.1. The van der Waals surface area contributed by atoms with E-state index in [2.05, 4.69) is 10.2 Å². The van der Waals surface area contributed by atoms with Gasteiger partial charge in [0.2, 0.25) is 5.88 Å². The van der Waals surface area contributed by atoms with Gasteiger partial charge >= 0.3 is 6.03 Å². The molecular weight excluding hydrogens is 364 g/mol. The van der Waals surface area contributed by atoms with Crippen LogP contribution in [0.3, 0.4) is 0 Å². The molecule has 1 saturated heterocycles. The van der Waals surface area contributed by atoms with E-state index in [4.69, 9.17) is 4.74 Å². The van der Waals surface area contributed by atoms with Crippen LogP contribution < -0.4 is 9.64 Å². The summed E-state index contributed by atoms with van der Waals surface area (Å²) in [6, 6.07) is 23.1. The number of para-hydroxylation sites is 2. The Hall–Kier alpha value is -3.41. The molecule has 2 amide bonds. The van der Waals surface area contributed by atoms with Gasteiger partial charge in [0.1, 0.15) is 6.10 Å². The van der Waals surface area contributed by atoms with E-state index >= 15 is 0 Å². The van der Waals surface area contributed by atoms with Crippen LogP contribution in [-0.4, -0.2) is 40.3 Å². The first-order valence-corrected chi connectivity index (χ1v) is 9.87. The number of aryl methyl sites for hydroxylation is 1. The van der Waals surface area contributed by atoms with Crippen LogP contribution in [0.4, 0.5) is 16.2 Å². The molecule has 6 nitrogen and oxygen atoms in total. The number of anilines is 2. The number of hydrogen-bond donors (Lipinski definition) is 0. The number of amides is 2. The van der Waals surface area contributed by atoms with Gasteiger partial charge in [-0.2, -0.15) is 5.10 Å². The number of aromatic nitrogens is 2. The van der Waals surface area contributed by atoms with E-state index in [1.807, 2.05) is 84.6 Å². The molecule has 1 atom stereocenters. The number of carbonyl (C=O) groups is 1. The molecule has 0 saturated carbocycles. The van der Waals surface area contributed by atoms with Crippen molar-refractivity contribution in [3.05, 3.63) is 78.5 Å². The summed E-state index contributed by atoms with van der Waals surface area (Å²) in [7, 11) is 0. The van der Waals surface area contributed by atoms with E-state index in [0.717, 1.165) is 29.9 Å². The van der Waals surface area contributed by atoms with E-state index in [0.29, 0.717) is 19.0 Å². The van der Waals surface area contributed by atoms with Crippen molar-refractivity contribution in [2.75, 3.05) is 18.0 Å². The second-order valence-corrected chi connectivity index (χ2v) is 7.13. The monoisotopic (exact) mass is 388 g/mol. The quantitative estimate of drug-likeness (QED) is 0.656. The molecule has 1 aromatic heterocycles. The van der Waals surface area contributed by atoms with E-state index in [-0.39, 0.29) is 12.1 Å². The smallest absolute Gasteiger partial charge is 0.329 e. The highest BCUT2D eigenvalue weighted by molar-refractivity contribution is 5.99. The lowest BCUT2D eigenvalue weighted by Crippen LogP contribution is -2.49. The molecule has 3 aromatic rings. The molecule has 1 unspecified atom stereocenters. The van der Waals surface area contributed by atoms with Crippen molar-refractivity contribution < 1.29 is 9.53 Å². The first kappa shape index (κ1) is 18.9. The first-order valence-electron chi connectivity index (χ1n) is 9.87. The van der Waals surface area contributed by atoms with Crippen LogP contribution in [0.15, 0.2) is 72.8 Å². The highest BCUT2D eigenvalue weighted by atomic mass is 16.5. The maximum Gasteiger partial charge on any atom is 0.329 e. The molecule has 1 fully saturated rings. The minimum atomic E-state index is -0.0990. The number of urea groups is 1. The Kier molecular flexibility index (Phi) is 5.70. The Morgan fingerprint density at radius 2 is 1.62 bits per heavy atom. The molecule has 4 rings (SSSR count). The Bertz CT molecular complexity index is 893. The summed E-state index contributed by atoms with van der Waals surface area (Å²) in [5.41, 5.74) is 2.53. The van der Waals surface area contributed by atoms with Crippen LogP contribution in [0.2, 0.25) is 0 Å². The zero-order valence-corrected chi connectivity index (χ0v) is 16.4. The summed E-state index contributed by atoms with van der Waals surface area (Å²) in [5, 5.41) is 8.13. The molecular formula is C23H24N4O2. The van der Waals surface area contributed by atoms with Crippen molar-refractivity contribution >= 4 is 17.4 Å². The standard InChI is InChI=1S/C23H24N4O2/c1-18-14-15-22(25-24-18)29-21-13-8-16-26(17-21)23(28)27(19-9-4-2-5-10-19)20-11-6-3-7-12-20/h2-7,9-12,14-15,21H,8,13,16-17H2,1H3. The van der Waals surface area contributed by atoms with Gasteiger partial charge in [0.15, 0.2) is 0 Å². The lowest BCUT2D eigenvalue weighted by atomic mass is 10.1. The van der Waals surface area contributed by atoms with Crippen molar-refractivity contribution in [1.29, 1.82) is 0 Å². The average molecular weight is 388 g/mol. The third-order valence-corrected chi connectivity index (χ3v) is 4.93. The van der Waals surface area contributed by atoms with Crippen molar-refractivity contribution in [3.63, 3.8) is 0 Å². The summed E-state index contributed by atoms with van der Waals surface area (Å²) in [6.07, 6.45) is 1.67. The van der Waals surface area contributed by atoms with Crippen molar-refractivity contribution in [3.8, 4) is 5.88 Å². The number of rotatable bonds is 4. The number of benzene rings is 2. The number of carbonyl (C=O) groups excluding carboxylic acids is 1. The van der Waals surface area contributed by atoms with E-state index in [1.165, 1.54) is 0 Å². The molecule has 0 radical (unpaired) electrons. The van der Waals surface area contributed by atoms with Gasteiger partial charge in [-0.15, -0.1) is 5.10 Å². The van der Waals surface area contributed by atoms with Crippen molar-refractivity contribution in [2.24, 2.45) is 0 Å². The number of piperidine rings is 1. The Balaban J connectivity index is 1.53. The zero-order valence-electron chi connectivity index (χ0n) is 16.4. The maximum atomic E-state index is 13.5. The third kappa shape index (κ3) is 4.54. The maximum absolute atomic E-state index is 13.5. The fourth-order valence-corrected chi connectivity index (χ4v) is 3.49. The Labute approximate surface area is 170 Å². The van der Waals surface area contributed by atoms with Crippen molar-refractivity contribution in [1.82, 2.24) is 15.1 Å². The number of ether oxygens (including phenoxy) is 1. The van der Waals surface area contributed by atoms with Crippen LogP contribution in [0, 0.1) is 6.92 Å². The van der Waals surface area contributed by atoms with Gasteiger partial charge in [0.05, 0.1) is 23.6 Å². The fraction of sp³-hybridized carbons (Fsp3) is 0.261. The fourth-order valence-electron chi connectivity index (χ4n) is 3.49. The molecule has 6 heteroatoms. The van der Waals surface area contributed by atoms with Gasteiger partial charge in [-0.05, 0) is 50.1 Å². The summed E-state index contributed by atoms with van der Waals surface area (Å²) < 4.78 is 6.00. The molecule has 0 N–H and O–H groups in total. The van der Waals surface area contributed by atoms with Gasteiger partial charge in [-0.25, -0.2) is 4.79 Å². The van der Waals surface area contributed by atoms with Crippen LogP contribution in [0.25, 0.3) is 0 Å². The van der Waals surface area contributed by atoms with Gasteiger partial charge < -0.3 is 9.64 Å². The minimum absolute atomic E-state index is 0.0503. The van der Waals surface area contributed by atoms with E-state index in [9.17, 15) is 4.79 Å². The number of likely N-dealkylation sites (tertiary alicyclic amines) is 1. The molecule has 0 aliphatic carbocycles. The van der Waals surface area contributed by atoms with Crippen LogP contribution in [0.5, 0.6) is 5.88 Å². The summed E-state index contributed by atoms with van der Waals surface area (Å²) >= 11 is 0. The molecule has 1 aliphatic rings. The van der Waals surface area contributed by atoms with E-state index < -0.39 is 0 Å². The van der Waals surface area contributed by atoms with Crippen LogP contribution in [0.1, 0.15) is 18.5 Å². The van der Waals surface area contributed by atoms with Gasteiger partial charge in [-0.1, -0.05) is 36.4 Å². The first-order chi connectivity index (χ1) is 14.2. The van der Waals surface area contributed by atoms with Gasteiger partial charge in [0.25, 0.3) is 0 Å². The van der Waals surface area contributed by atoms with Gasteiger partial charge in [0, 0.05) is 12.6 Å². The SMILES string of the molecule is Cc1ccc(OC2CCCN(C(=O)N(c3ccccc3)c3ccccc3)C2)nn1. The molecule has 148 valence electrons. The van der Waals surface area contributed by atoms with Gasteiger partial charge in [-0.3, -0.25) is 4.90 Å². The minimum Gasteiger partial charge on any atom is -0.471 e. The molecule has 0 spiro atoms.